The van der Waals surface area contributed by atoms with Gasteiger partial charge in [0.25, 0.3) is 6.43 Å². The van der Waals surface area contributed by atoms with Crippen LogP contribution in [0.2, 0.25) is 0 Å². The number of fused-ring (bicyclic) bond motifs is 2. The number of carbonyl (C=O) groups is 1. The summed E-state index contributed by atoms with van der Waals surface area (Å²) < 4.78 is 26.9. The molecule has 11 heteroatoms. The summed E-state index contributed by atoms with van der Waals surface area (Å²) in [5.41, 5.74) is 3.27. The van der Waals surface area contributed by atoms with Gasteiger partial charge in [0, 0.05) is 41.8 Å². The summed E-state index contributed by atoms with van der Waals surface area (Å²) in [6.07, 6.45) is 2.64. The van der Waals surface area contributed by atoms with Gasteiger partial charge in [0.2, 0.25) is 11.9 Å². The molecule has 0 aliphatic heterocycles. The fourth-order valence-electron chi connectivity index (χ4n) is 4.45. The predicted molar refractivity (Wildman–Crippen MR) is 115 cm³/mol. The maximum absolute atomic E-state index is 12.8. The van der Waals surface area contributed by atoms with Gasteiger partial charge in [-0.2, -0.15) is 4.98 Å². The fourth-order valence-corrected chi connectivity index (χ4v) is 4.45. The van der Waals surface area contributed by atoms with E-state index in [1.165, 1.54) is 11.6 Å². The Labute approximate surface area is 181 Å². The number of nitrogens with zero attached hydrogens (tertiary/aromatic N) is 5. The van der Waals surface area contributed by atoms with Crippen LogP contribution >= 0.6 is 0 Å². The number of anilines is 1. The molecule has 9 nitrogen and oxygen atoms in total. The average Bonchev–Trinajstić information content (AvgIpc) is 3.29. The van der Waals surface area contributed by atoms with E-state index in [-0.39, 0.29) is 17.5 Å². The number of nitrogens with one attached hydrogen (secondary N) is 3. The summed E-state index contributed by atoms with van der Waals surface area (Å²) >= 11 is 0. The van der Waals surface area contributed by atoms with Crippen LogP contribution in [0.3, 0.4) is 0 Å². The minimum atomic E-state index is -2.51. The van der Waals surface area contributed by atoms with Crippen LogP contribution in [0.15, 0.2) is 30.6 Å². The van der Waals surface area contributed by atoms with Crippen molar-refractivity contribution in [3.05, 3.63) is 30.6 Å². The zero-order valence-corrected chi connectivity index (χ0v) is 17.6. The highest BCUT2D eigenvalue weighted by Crippen LogP contribution is 2.34. The lowest BCUT2D eigenvalue weighted by Crippen LogP contribution is -2.59. The molecular weight excluding hydrogens is 418 g/mol. The first kappa shape index (κ1) is 20.3. The van der Waals surface area contributed by atoms with Gasteiger partial charge in [0.1, 0.15) is 17.7 Å². The van der Waals surface area contributed by atoms with Crippen molar-refractivity contribution >= 4 is 33.9 Å². The Morgan fingerprint density at radius 1 is 1.38 bits per heavy atom. The molecule has 0 saturated heterocycles. The zero-order chi connectivity index (χ0) is 22.5. The third-order valence-corrected chi connectivity index (χ3v) is 5.77. The van der Waals surface area contributed by atoms with E-state index in [9.17, 15) is 13.6 Å². The number of amides is 1. The number of benzene rings is 1. The van der Waals surface area contributed by atoms with Crippen LogP contribution < -0.4 is 10.6 Å². The zero-order valence-electron chi connectivity index (χ0n) is 17.6. The number of hydrogen-bond donors (Lipinski definition) is 3. The Balaban J connectivity index is 1.37. The molecule has 4 aromatic rings. The first-order valence-electron chi connectivity index (χ1n) is 10.3. The maximum Gasteiger partial charge on any atom is 0.258 e. The second-order valence-electron chi connectivity index (χ2n) is 8.52. The molecule has 3 heterocycles. The molecule has 1 aliphatic rings. The lowest BCUT2D eigenvalue weighted by Gasteiger charge is -2.45. The van der Waals surface area contributed by atoms with Crippen molar-refractivity contribution in [3.8, 4) is 11.1 Å². The second-order valence-corrected chi connectivity index (χ2v) is 8.52. The number of H-pyrrole nitrogens is 1. The van der Waals surface area contributed by atoms with E-state index < -0.39 is 13.0 Å². The van der Waals surface area contributed by atoms with Crippen LogP contribution in [0.4, 0.5) is 14.7 Å². The van der Waals surface area contributed by atoms with Crippen molar-refractivity contribution in [3.63, 3.8) is 0 Å². The standard InChI is InChI=1S/C21H22F2N8O/c1-11(32)28-21(2)6-13(7-21)26-20-25-9-15-14(8-24-19(15)27-20)12-3-4-16-17(5-12)31(30-29-16)10-18(22)23/h3-5,8-9,13,18H,6-7,10H2,1-2H3,(H,28,32)(H2,24,25,26,27)/t13-,21+. The van der Waals surface area contributed by atoms with Crippen molar-refractivity contribution in [1.29, 1.82) is 0 Å². The smallest absolute Gasteiger partial charge is 0.258 e. The largest absolute Gasteiger partial charge is 0.351 e. The number of alkyl halides is 2. The Kier molecular flexibility index (Phi) is 4.75. The molecule has 0 bridgehead atoms. The van der Waals surface area contributed by atoms with Crippen LogP contribution in [-0.4, -0.2) is 53.9 Å². The van der Waals surface area contributed by atoms with Gasteiger partial charge in [-0.3, -0.25) is 4.79 Å². The summed E-state index contributed by atoms with van der Waals surface area (Å²) in [5.74, 6) is 0.476. The van der Waals surface area contributed by atoms with E-state index in [1.54, 1.807) is 18.3 Å². The van der Waals surface area contributed by atoms with Gasteiger partial charge in [-0.1, -0.05) is 11.3 Å². The molecule has 0 atom stereocenters. The van der Waals surface area contributed by atoms with Crippen molar-refractivity contribution in [1.82, 2.24) is 35.3 Å². The molecule has 166 valence electrons. The maximum atomic E-state index is 12.8. The van der Waals surface area contributed by atoms with Crippen molar-refractivity contribution < 1.29 is 13.6 Å². The van der Waals surface area contributed by atoms with Crippen molar-refractivity contribution in [2.45, 2.75) is 51.2 Å². The summed E-state index contributed by atoms with van der Waals surface area (Å²) in [5, 5.41) is 14.9. The highest BCUT2D eigenvalue weighted by atomic mass is 19.3. The first-order valence-corrected chi connectivity index (χ1v) is 10.3. The molecule has 5 rings (SSSR count). The summed E-state index contributed by atoms with van der Waals surface area (Å²) in [4.78, 5) is 23.5. The van der Waals surface area contributed by atoms with Crippen LogP contribution in [0.5, 0.6) is 0 Å². The highest BCUT2D eigenvalue weighted by Gasteiger charge is 2.41. The molecule has 1 aromatic carbocycles. The Bertz CT molecular complexity index is 1310. The number of halogens is 2. The SMILES string of the molecule is CC(=O)N[C@]1(C)C[C@H](Nc2ncc3c(-c4ccc5nnn(CC(F)F)c5c4)c[nH]c3n2)C1. The minimum absolute atomic E-state index is 0.0336. The van der Waals surface area contributed by atoms with E-state index in [2.05, 4.69) is 35.9 Å². The lowest BCUT2D eigenvalue weighted by molar-refractivity contribution is -0.121. The second kappa shape index (κ2) is 7.50. The molecule has 1 amide bonds. The number of aromatic nitrogens is 6. The molecule has 0 spiro atoms. The topological polar surface area (TPSA) is 113 Å². The Hall–Kier alpha value is -3.63. The normalized spacial score (nSPS) is 20.6. The van der Waals surface area contributed by atoms with E-state index >= 15 is 0 Å². The van der Waals surface area contributed by atoms with E-state index in [0.29, 0.717) is 22.6 Å². The third kappa shape index (κ3) is 3.74. The summed E-state index contributed by atoms with van der Waals surface area (Å²) in [7, 11) is 0. The van der Waals surface area contributed by atoms with Crippen LogP contribution in [0.25, 0.3) is 33.2 Å². The summed E-state index contributed by atoms with van der Waals surface area (Å²) in [6, 6.07) is 5.61. The predicted octanol–water partition coefficient (Wildman–Crippen LogP) is 3.10. The number of aromatic amines is 1. The third-order valence-electron chi connectivity index (χ3n) is 5.77. The van der Waals surface area contributed by atoms with Crippen LogP contribution in [0.1, 0.15) is 26.7 Å². The molecule has 1 aliphatic carbocycles. The van der Waals surface area contributed by atoms with E-state index in [0.717, 1.165) is 29.4 Å². The summed E-state index contributed by atoms with van der Waals surface area (Å²) in [6.45, 7) is 3.04. The van der Waals surface area contributed by atoms with Gasteiger partial charge in [-0.15, -0.1) is 5.10 Å². The fraction of sp³-hybridized carbons (Fsp3) is 0.381. The number of rotatable bonds is 6. The van der Waals surface area contributed by atoms with Crippen molar-refractivity contribution in [2.75, 3.05) is 5.32 Å². The molecule has 1 fully saturated rings. The quantitative estimate of drug-likeness (QED) is 0.425. The van der Waals surface area contributed by atoms with Gasteiger partial charge in [-0.05, 0) is 37.5 Å². The molecule has 3 N–H and O–H groups in total. The molecule has 1 saturated carbocycles. The molecule has 0 unspecified atom stereocenters. The van der Waals surface area contributed by atoms with Gasteiger partial charge in [0.15, 0.2) is 0 Å². The van der Waals surface area contributed by atoms with Crippen LogP contribution in [0, 0.1) is 0 Å². The van der Waals surface area contributed by atoms with Crippen LogP contribution in [-0.2, 0) is 11.3 Å². The minimum Gasteiger partial charge on any atom is -0.351 e. The first-order chi connectivity index (χ1) is 15.3. The van der Waals surface area contributed by atoms with Crippen molar-refractivity contribution in [2.24, 2.45) is 0 Å². The highest BCUT2D eigenvalue weighted by molar-refractivity contribution is 5.95. The molecule has 32 heavy (non-hydrogen) atoms. The Morgan fingerprint density at radius 2 is 2.19 bits per heavy atom. The van der Waals surface area contributed by atoms with Gasteiger partial charge >= 0.3 is 0 Å². The number of hydrogen-bond acceptors (Lipinski definition) is 6. The molecule has 0 radical (unpaired) electrons. The monoisotopic (exact) mass is 440 g/mol. The van der Waals surface area contributed by atoms with E-state index in [1.807, 2.05) is 19.2 Å². The number of carbonyl (C=O) groups excluding carboxylic acids is 1. The van der Waals surface area contributed by atoms with E-state index in [4.69, 9.17) is 0 Å². The molecule has 3 aromatic heterocycles. The van der Waals surface area contributed by atoms with Gasteiger partial charge in [-0.25, -0.2) is 18.4 Å². The van der Waals surface area contributed by atoms with Gasteiger partial charge < -0.3 is 15.6 Å². The van der Waals surface area contributed by atoms with Gasteiger partial charge in [0.05, 0.1) is 5.52 Å². The molecular formula is C21H22F2N8O. The Morgan fingerprint density at radius 3 is 2.94 bits per heavy atom. The lowest BCUT2D eigenvalue weighted by atomic mass is 9.74. The average molecular weight is 440 g/mol.